The van der Waals surface area contributed by atoms with Gasteiger partial charge in [-0.2, -0.15) is 23.3 Å². The van der Waals surface area contributed by atoms with Crippen LogP contribution in [-0.4, -0.2) is 33.6 Å². The Kier molecular flexibility index (Phi) is 3.36. The van der Waals surface area contributed by atoms with E-state index in [1.165, 1.54) is 0 Å². The summed E-state index contributed by atoms with van der Waals surface area (Å²) < 4.78 is 39.1. The molecule has 1 atom stereocenters. The molecule has 108 valence electrons. The van der Waals surface area contributed by atoms with Gasteiger partial charge < -0.3 is 5.11 Å². The largest absolute Gasteiger partial charge is 0.438 e. The molecule has 1 N–H and O–H groups in total. The van der Waals surface area contributed by atoms with Crippen LogP contribution in [0.15, 0.2) is 5.10 Å². The lowest BCUT2D eigenvalue weighted by Gasteiger charge is -2.32. The summed E-state index contributed by atoms with van der Waals surface area (Å²) >= 11 is 0. The molecular formula is C12H17F3N2O2. The molecule has 7 heteroatoms. The van der Waals surface area contributed by atoms with Gasteiger partial charge in [0.25, 0.3) is 5.72 Å². The van der Waals surface area contributed by atoms with E-state index in [2.05, 4.69) is 5.10 Å². The number of carbonyl (C=O) groups excluding carboxylic acids is 1. The Balaban J connectivity index is 2.26. The highest BCUT2D eigenvalue weighted by Gasteiger charge is 2.64. The Hall–Kier alpha value is -1.11. The van der Waals surface area contributed by atoms with E-state index in [1.54, 1.807) is 0 Å². The topological polar surface area (TPSA) is 52.9 Å². The maximum absolute atomic E-state index is 13.0. The fourth-order valence-corrected chi connectivity index (χ4v) is 2.16. The third kappa shape index (κ3) is 2.61. The SMILES string of the molecule is CC(C)CC1=NN(C(=O)C2CC2)C(O)(C(F)(F)F)C1. The molecule has 0 radical (unpaired) electrons. The van der Waals surface area contributed by atoms with Gasteiger partial charge in [-0.05, 0) is 25.2 Å². The number of halogens is 3. The van der Waals surface area contributed by atoms with Crippen LogP contribution in [-0.2, 0) is 4.79 Å². The molecule has 4 nitrogen and oxygen atoms in total. The van der Waals surface area contributed by atoms with Crippen molar-refractivity contribution in [2.75, 3.05) is 0 Å². The lowest BCUT2D eigenvalue weighted by atomic mass is 9.99. The Morgan fingerprint density at radius 3 is 2.53 bits per heavy atom. The smallest absolute Gasteiger partial charge is 0.362 e. The Morgan fingerprint density at radius 2 is 2.11 bits per heavy atom. The summed E-state index contributed by atoms with van der Waals surface area (Å²) in [5.41, 5.74) is -2.94. The molecule has 0 spiro atoms. The van der Waals surface area contributed by atoms with Crippen LogP contribution < -0.4 is 0 Å². The maximum Gasteiger partial charge on any atom is 0.438 e. The van der Waals surface area contributed by atoms with E-state index in [0.717, 1.165) is 0 Å². The van der Waals surface area contributed by atoms with E-state index in [4.69, 9.17) is 0 Å². The van der Waals surface area contributed by atoms with Gasteiger partial charge >= 0.3 is 6.18 Å². The predicted octanol–water partition coefficient (Wildman–Crippen LogP) is 2.28. The van der Waals surface area contributed by atoms with E-state index in [-0.39, 0.29) is 16.6 Å². The molecule has 0 bridgehead atoms. The predicted molar refractivity (Wildman–Crippen MR) is 62.1 cm³/mol. The minimum Gasteiger partial charge on any atom is -0.362 e. The number of hydrazone groups is 1. The molecule has 1 heterocycles. The van der Waals surface area contributed by atoms with Gasteiger partial charge in [-0.25, -0.2) is 0 Å². The lowest BCUT2D eigenvalue weighted by molar-refractivity contribution is -0.302. The molecule has 2 rings (SSSR count). The van der Waals surface area contributed by atoms with Crippen LogP contribution in [0.2, 0.25) is 0 Å². The van der Waals surface area contributed by atoms with Gasteiger partial charge in [0.1, 0.15) is 0 Å². The summed E-state index contributed by atoms with van der Waals surface area (Å²) in [6, 6.07) is 0. The molecule has 0 aromatic heterocycles. The Labute approximate surface area is 109 Å². The van der Waals surface area contributed by atoms with Gasteiger partial charge in [0, 0.05) is 18.1 Å². The summed E-state index contributed by atoms with van der Waals surface area (Å²) in [6.45, 7) is 3.70. The van der Waals surface area contributed by atoms with Gasteiger partial charge in [0.15, 0.2) is 0 Å². The van der Waals surface area contributed by atoms with Crippen molar-refractivity contribution >= 4 is 11.6 Å². The second-order valence-electron chi connectivity index (χ2n) is 5.68. The zero-order chi connectivity index (χ0) is 14.4. The third-order valence-electron chi connectivity index (χ3n) is 3.28. The number of amides is 1. The molecule has 1 aliphatic carbocycles. The highest BCUT2D eigenvalue weighted by molar-refractivity contribution is 5.92. The molecule has 1 amide bonds. The number of aliphatic hydroxyl groups is 1. The summed E-state index contributed by atoms with van der Waals surface area (Å²) in [7, 11) is 0. The maximum atomic E-state index is 13.0. The zero-order valence-corrected chi connectivity index (χ0v) is 10.9. The monoisotopic (exact) mass is 278 g/mol. The van der Waals surface area contributed by atoms with E-state index in [1.807, 2.05) is 13.8 Å². The standard InChI is InChI=1S/C12H17F3N2O2/c1-7(2)5-9-6-11(19,12(13,14)15)17(16-9)10(18)8-3-4-8/h7-8,19H,3-6H2,1-2H3. The second-order valence-corrected chi connectivity index (χ2v) is 5.68. The van der Waals surface area contributed by atoms with Crippen LogP contribution in [0.1, 0.15) is 39.5 Å². The van der Waals surface area contributed by atoms with E-state index >= 15 is 0 Å². The first-order valence-electron chi connectivity index (χ1n) is 6.34. The van der Waals surface area contributed by atoms with Crippen LogP contribution in [0.3, 0.4) is 0 Å². The Morgan fingerprint density at radius 1 is 1.53 bits per heavy atom. The van der Waals surface area contributed by atoms with Crippen LogP contribution in [0, 0.1) is 11.8 Å². The zero-order valence-electron chi connectivity index (χ0n) is 10.9. The first-order valence-corrected chi connectivity index (χ1v) is 6.34. The molecule has 19 heavy (non-hydrogen) atoms. The molecule has 1 saturated carbocycles. The van der Waals surface area contributed by atoms with Crippen molar-refractivity contribution in [2.24, 2.45) is 16.9 Å². The van der Waals surface area contributed by atoms with Crippen molar-refractivity contribution in [3.05, 3.63) is 0 Å². The quantitative estimate of drug-likeness (QED) is 0.861. The van der Waals surface area contributed by atoms with Crippen LogP contribution in [0.25, 0.3) is 0 Å². The molecule has 0 aromatic rings. The lowest BCUT2D eigenvalue weighted by Crippen LogP contribution is -2.57. The first-order chi connectivity index (χ1) is 8.65. The average molecular weight is 278 g/mol. The molecular weight excluding hydrogens is 261 g/mol. The molecule has 1 aliphatic heterocycles. The first kappa shape index (κ1) is 14.3. The number of alkyl halides is 3. The van der Waals surface area contributed by atoms with Crippen LogP contribution in [0.4, 0.5) is 13.2 Å². The third-order valence-corrected chi connectivity index (χ3v) is 3.28. The van der Waals surface area contributed by atoms with Crippen LogP contribution >= 0.6 is 0 Å². The van der Waals surface area contributed by atoms with Gasteiger partial charge in [-0.3, -0.25) is 4.79 Å². The molecule has 1 fully saturated rings. The van der Waals surface area contributed by atoms with E-state index in [9.17, 15) is 23.1 Å². The van der Waals surface area contributed by atoms with Crippen molar-refractivity contribution in [3.8, 4) is 0 Å². The summed E-state index contributed by atoms with van der Waals surface area (Å²) in [5.74, 6) is -1.03. The number of rotatable bonds is 3. The van der Waals surface area contributed by atoms with Crippen molar-refractivity contribution in [1.82, 2.24) is 5.01 Å². The molecule has 1 unspecified atom stereocenters. The summed E-state index contributed by atoms with van der Waals surface area (Å²) in [6.07, 6.45) is -4.07. The number of carbonyl (C=O) groups is 1. The van der Waals surface area contributed by atoms with Gasteiger partial charge in [-0.1, -0.05) is 13.8 Å². The average Bonchev–Trinajstić information content (AvgIpc) is 3.01. The van der Waals surface area contributed by atoms with Crippen molar-refractivity contribution in [3.63, 3.8) is 0 Å². The molecule has 2 aliphatic rings. The Bertz CT molecular complexity index is 416. The van der Waals surface area contributed by atoms with E-state index in [0.29, 0.717) is 19.3 Å². The fraction of sp³-hybridized carbons (Fsp3) is 0.833. The molecule has 0 aromatic carbocycles. The highest BCUT2D eigenvalue weighted by Crippen LogP contribution is 2.44. The normalized spacial score (nSPS) is 27.9. The van der Waals surface area contributed by atoms with Gasteiger partial charge in [-0.15, -0.1) is 0 Å². The summed E-state index contributed by atoms with van der Waals surface area (Å²) in [4.78, 5) is 11.9. The van der Waals surface area contributed by atoms with Gasteiger partial charge in [0.2, 0.25) is 5.91 Å². The minimum atomic E-state index is -4.90. The second kappa shape index (κ2) is 4.47. The van der Waals surface area contributed by atoms with Gasteiger partial charge in [0.05, 0.1) is 0 Å². The van der Waals surface area contributed by atoms with Crippen molar-refractivity contribution in [2.45, 2.75) is 51.4 Å². The fourth-order valence-electron chi connectivity index (χ4n) is 2.16. The molecule has 0 saturated heterocycles. The summed E-state index contributed by atoms with van der Waals surface area (Å²) in [5, 5.41) is 13.9. The minimum absolute atomic E-state index is 0.118. The van der Waals surface area contributed by atoms with Crippen LogP contribution in [0.5, 0.6) is 0 Å². The number of hydrogen-bond donors (Lipinski definition) is 1. The van der Waals surface area contributed by atoms with E-state index < -0.39 is 30.1 Å². The highest BCUT2D eigenvalue weighted by atomic mass is 19.4. The number of nitrogens with zero attached hydrogens (tertiary/aromatic N) is 2. The van der Waals surface area contributed by atoms with Crippen molar-refractivity contribution in [1.29, 1.82) is 0 Å². The van der Waals surface area contributed by atoms with Crippen molar-refractivity contribution < 1.29 is 23.1 Å². The number of hydrogen-bond acceptors (Lipinski definition) is 3.